The maximum Gasteiger partial charge on any atom is 0.363 e. The van der Waals surface area contributed by atoms with E-state index in [2.05, 4.69) is 4.99 Å². The molecule has 23 heavy (non-hydrogen) atoms. The van der Waals surface area contributed by atoms with Crippen molar-refractivity contribution in [1.29, 1.82) is 0 Å². The van der Waals surface area contributed by atoms with Crippen LogP contribution in [-0.4, -0.2) is 18.5 Å². The summed E-state index contributed by atoms with van der Waals surface area (Å²) in [4.78, 5) is 16.1. The lowest BCUT2D eigenvalue weighted by atomic mass is 10.2. The second-order valence-electron chi connectivity index (χ2n) is 4.84. The smallest absolute Gasteiger partial charge is 0.363 e. The number of aliphatic imine (C=N–C) groups is 1. The number of hydrogen-bond acceptors (Lipinski definition) is 4. The summed E-state index contributed by atoms with van der Waals surface area (Å²) in [6.07, 6.45) is 1.56. The van der Waals surface area contributed by atoms with Crippen molar-refractivity contribution in [3.05, 3.63) is 71.2 Å². The van der Waals surface area contributed by atoms with Crippen LogP contribution in [0.5, 0.6) is 5.75 Å². The Morgan fingerprint density at radius 3 is 2.48 bits per heavy atom. The Labute approximate surface area is 132 Å². The maximum atomic E-state index is 12.9. The summed E-state index contributed by atoms with van der Waals surface area (Å²) >= 11 is 0. The number of carbonyl (C=O) groups excluding carboxylic acids is 1. The fourth-order valence-corrected chi connectivity index (χ4v) is 2.11. The topological polar surface area (TPSA) is 47.9 Å². The van der Waals surface area contributed by atoms with Gasteiger partial charge in [0, 0.05) is 5.56 Å². The number of benzene rings is 2. The van der Waals surface area contributed by atoms with Gasteiger partial charge >= 0.3 is 5.97 Å². The van der Waals surface area contributed by atoms with E-state index in [4.69, 9.17) is 9.47 Å². The molecule has 1 heterocycles. The van der Waals surface area contributed by atoms with E-state index in [-0.39, 0.29) is 17.4 Å². The third kappa shape index (κ3) is 3.45. The molecule has 0 saturated heterocycles. The quantitative estimate of drug-likeness (QED) is 0.640. The van der Waals surface area contributed by atoms with Gasteiger partial charge in [-0.1, -0.05) is 12.1 Å². The molecular formula is C18H14FNO3. The van der Waals surface area contributed by atoms with Crippen LogP contribution >= 0.6 is 0 Å². The molecule has 2 aromatic rings. The van der Waals surface area contributed by atoms with E-state index < -0.39 is 5.97 Å². The van der Waals surface area contributed by atoms with Crippen molar-refractivity contribution in [3.8, 4) is 5.75 Å². The van der Waals surface area contributed by atoms with Crippen LogP contribution in [0.2, 0.25) is 0 Å². The molecule has 116 valence electrons. The Hall–Kier alpha value is -2.95. The number of nitrogens with zero attached hydrogens (tertiary/aromatic N) is 1. The number of carbonyl (C=O) groups is 1. The molecule has 4 nitrogen and oxygen atoms in total. The van der Waals surface area contributed by atoms with Gasteiger partial charge in [-0.25, -0.2) is 14.2 Å². The molecule has 0 radical (unpaired) electrons. The molecule has 0 bridgehead atoms. The number of esters is 1. The van der Waals surface area contributed by atoms with Gasteiger partial charge in [-0.2, -0.15) is 0 Å². The first-order valence-electron chi connectivity index (χ1n) is 7.17. The van der Waals surface area contributed by atoms with E-state index in [1.54, 1.807) is 42.5 Å². The van der Waals surface area contributed by atoms with Gasteiger partial charge in [-0.3, -0.25) is 0 Å². The highest BCUT2D eigenvalue weighted by molar-refractivity contribution is 6.12. The SMILES string of the molecule is CCOc1ccc(C2=NC(=Cc3ccc(F)cc3)C(=O)O2)cc1. The van der Waals surface area contributed by atoms with Crippen LogP contribution in [0.4, 0.5) is 4.39 Å². The molecule has 0 saturated carbocycles. The third-order valence-corrected chi connectivity index (χ3v) is 3.21. The Kier molecular flexibility index (Phi) is 4.19. The summed E-state index contributed by atoms with van der Waals surface area (Å²) in [5.74, 6) is 0.118. The van der Waals surface area contributed by atoms with Gasteiger partial charge in [0.05, 0.1) is 6.61 Å². The van der Waals surface area contributed by atoms with E-state index in [1.165, 1.54) is 12.1 Å². The van der Waals surface area contributed by atoms with Gasteiger partial charge in [0.1, 0.15) is 11.6 Å². The lowest BCUT2D eigenvalue weighted by molar-refractivity contribution is -0.129. The number of ether oxygens (including phenoxy) is 2. The summed E-state index contributed by atoms with van der Waals surface area (Å²) in [5, 5.41) is 0. The van der Waals surface area contributed by atoms with E-state index >= 15 is 0 Å². The van der Waals surface area contributed by atoms with E-state index in [9.17, 15) is 9.18 Å². The van der Waals surface area contributed by atoms with Gasteiger partial charge in [-0.05, 0) is 55.0 Å². The van der Waals surface area contributed by atoms with Crippen molar-refractivity contribution in [3.63, 3.8) is 0 Å². The van der Waals surface area contributed by atoms with Crippen molar-refractivity contribution in [2.24, 2.45) is 4.99 Å². The van der Waals surface area contributed by atoms with Gasteiger partial charge in [0.15, 0.2) is 5.70 Å². The Morgan fingerprint density at radius 2 is 1.83 bits per heavy atom. The summed E-state index contributed by atoms with van der Waals surface area (Å²) in [7, 11) is 0. The highest BCUT2D eigenvalue weighted by Crippen LogP contribution is 2.21. The van der Waals surface area contributed by atoms with Crippen LogP contribution in [0.3, 0.4) is 0 Å². The van der Waals surface area contributed by atoms with Crippen LogP contribution < -0.4 is 4.74 Å². The molecule has 5 heteroatoms. The number of halogens is 1. The van der Waals surface area contributed by atoms with Crippen LogP contribution in [0.15, 0.2) is 59.2 Å². The largest absolute Gasteiger partial charge is 0.494 e. The molecule has 0 atom stereocenters. The molecule has 1 aliphatic rings. The zero-order chi connectivity index (χ0) is 16.2. The van der Waals surface area contributed by atoms with Gasteiger partial charge in [0.25, 0.3) is 0 Å². The van der Waals surface area contributed by atoms with Crippen LogP contribution in [-0.2, 0) is 9.53 Å². The molecule has 0 spiro atoms. The minimum absolute atomic E-state index is 0.181. The maximum absolute atomic E-state index is 12.9. The first-order valence-corrected chi connectivity index (χ1v) is 7.17. The molecule has 0 unspecified atom stereocenters. The molecule has 0 fully saturated rings. The molecule has 2 aromatic carbocycles. The molecule has 0 amide bonds. The first-order chi connectivity index (χ1) is 11.2. The minimum atomic E-state index is -0.529. The lowest BCUT2D eigenvalue weighted by Gasteiger charge is -2.03. The molecule has 0 N–H and O–H groups in total. The highest BCUT2D eigenvalue weighted by atomic mass is 19.1. The number of hydrogen-bond donors (Lipinski definition) is 0. The average molecular weight is 311 g/mol. The second-order valence-corrected chi connectivity index (χ2v) is 4.84. The van der Waals surface area contributed by atoms with Gasteiger partial charge in [-0.15, -0.1) is 0 Å². The van der Waals surface area contributed by atoms with Crippen LogP contribution in [0.25, 0.3) is 6.08 Å². The van der Waals surface area contributed by atoms with Gasteiger partial charge in [0.2, 0.25) is 5.90 Å². The Morgan fingerprint density at radius 1 is 1.13 bits per heavy atom. The monoisotopic (exact) mass is 311 g/mol. The molecule has 1 aliphatic heterocycles. The molecule has 0 aliphatic carbocycles. The van der Waals surface area contributed by atoms with Crippen LogP contribution in [0, 0.1) is 5.82 Å². The van der Waals surface area contributed by atoms with Crippen molar-refractivity contribution in [2.45, 2.75) is 6.92 Å². The predicted molar refractivity (Wildman–Crippen MR) is 84.6 cm³/mol. The average Bonchev–Trinajstić information content (AvgIpc) is 2.92. The van der Waals surface area contributed by atoms with Crippen molar-refractivity contribution in [1.82, 2.24) is 0 Å². The van der Waals surface area contributed by atoms with Crippen molar-refractivity contribution >= 4 is 17.9 Å². The van der Waals surface area contributed by atoms with E-state index in [1.807, 2.05) is 6.92 Å². The normalized spacial score (nSPS) is 15.5. The lowest BCUT2D eigenvalue weighted by Crippen LogP contribution is -2.05. The predicted octanol–water partition coefficient (Wildman–Crippen LogP) is 3.57. The summed E-state index contributed by atoms with van der Waals surface area (Å²) in [6, 6.07) is 12.9. The summed E-state index contributed by atoms with van der Waals surface area (Å²) in [5.41, 5.74) is 1.54. The van der Waals surface area contributed by atoms with Gasteiger partial charge < -0.3 is 9.47 Å². The first kappa shape index (κ1) is 15.0. The second kappa shape index (κ2) is 6.44. The number of rotatable bonds is 4. The van der Waals surface area contributed by atoms with Crippen LogP contribution in [0.1, 0.15) is 18.1 Å². The zero-order valence-electron chi connectivity index (χ0n) is 12.5. The van der Waals surface area contributed by atoms with E-state index in [0.29, 0.717) is 17.7 Å². The summed E-state index contributed by atoms with van der Waals surface area (Å²) in [6.45, 7) is 2.49. The van der Waals surface area contributed by atoms with E-state index in [0.717, 1.165) is 5.75 Å². The molecular weight excluding hydrogens is 297 g/mol. The molecule has 3 rings (SSSR count). The fraction of sp³-hybridized carbons (Fsp3) is 0.111. The molecule has 0 aromatic heterocycles. The zero-order valence-corrected chi connectivity index (χ0v) is 12.5. The van der Waals surface area contributed by atoms with Crippen molar-refractivity contribution in [2.75, 3.05) is 6.61 Å². The Balaban J connectivity index is 1.84. The summed E-state index contributed by atoms with van der Waals surface area (Å²) < 4.78 is 23.4. The standard InChI is InChI=1S/C18H14FNO3/c1-2-22-15-9-5-13(6-10-15)17-20-16(18(21)23-17)11-12-3-7-14(19)8-4-12/h3-11H,2H2,1H3. The fourth-order valence-electron chi connectivity index (χ4n) is 2.11. The highest BCUT2D eigenvalue weighted by Gasteiger charge is 2.24. The minimum Gasteiger partial charge on any atom is -0.494 e. The number of cyclic esters (lactones) is 1. The van der Waals surface area contributed by atoms with Crippen molar-refractivity contribution < 1.29 is 18.7 Å². The Bertz CT molecular complexity index is 777. The third-order valence-electron chi connectivity index (χ3n) is 3.21.